The maximum Gasteiger partial charge on any atom is 0.219 e. The van der Waals surface area contributed by atoms with Crippen LogP contribution < -0.4 is 5.32 Å². The highest BCUT2D eigenvalue weighted by Gasteiger charge is 2.23. The summed E-state index contributed by atoms with van der Waals surface area (Å²) in [5.41, 5.74) is 2.90. The fraction of sp³-hybridized carbons (Fsp3) is 0.588. The summed E-state index contributed by atoms with van der Waals surface area (Å²) >= 11 is 0. The molecule has 0 atom stereocenters. The number of nitrogens with zero attached hydrogens (tertiary/aromatic N) is 1. The minimum absolute atomic E-state index is 0.209. The van der Waals surface area contributed by atoms with Gasteiger partial charge in [0.05, 0.1) is 0 Å². The average Bonchev–Trinajstić information content (AvgIpc) is 3.30. The van der Waals surface area contributed by atoms with Crippen LogP contribution in [0.25, 0.3) is 0 Å². The van der Waals surface area contributed by atoms with Crippen molar-refractivity contribution in [1.29, 1.82) is 0 Å². The van der Waals surface area contributed by atoms with E-state index in [1.165, 1.54) is 24.0 Å². The zero-order chi connectivity index (χ0) is 13.9. The molecule has 1 aliphatic carbocycles. The van der Waals surface area contributed by atoms with Crippen LogP contribution in [-0.2, 0) is 11.3 Å². The first kappa shape index (κ1) is 13.6. The van der Waals surface area contributed by atoms with Gasteiger partial charge >= 0.3 is 0 Å². The Morgan fingerprint density at radius 3 is 2.65 bits per heavy atom. The zero-order valence-electron chi connectivity index (χ0n) is 12.3. The molecule has 1 heterocycles. The zero-order valence-corrected chi connectivity index (χ0v) is 12.3. The lowest BCUT2D eigenvalue weighted by molar-refractivity contribution is -0.129. The molecule has 1 aromatic rings. The second-order valence-electron chi connectivity index (χ2n) is 6.18. The number of nitrogens with one attached hydrogen (secondary N) is 1. The second-order valence-corrected chi connectivity index (χ2v) is 6.18. The first-order valence-corrected chi connectivity index (χ1v) is 7.80. The highest BCUT2D eigenvalue weighted by atomic mass is 16.2. The number of amides is 1. The molecule has 1 aliphatic heterocycles. The molecule has 0 bridgehead atoms. The number of rotatable bonds is 4. The molecule has 20 heavy (non-hydrogen) atoms. The van der Waals surface area contributed by atoms with Gasteiger partial charge in [0.25, 0.3) is 0 Å². The Kier molecular flexibility index (Phi) is 4.06. The molecule has 0 aromatic heterocycles. The number of carbonyl (C=O) groups is 1. The quantitative estimate of drug-likeness (QED) is 0.914. The maximum atomic E-state index is 11.3. The predicted molar refractivity (Wildman–Crippen MR) is 80.5 cm³/mol. The number of hydrogen-bond donors (Lipinski definition) is 1. The Hall–Kier alpha value is -1.35. The van der Waals surface area contributed by atoms with E-state index in [1.54, 1.807) is 6.92 Å². The van der Waals surface area contributed by atoms with Gasteiger partial charge in [-0.2, -0.15) is 0 Å². The molecular formula is C17H24N2O. The van der Waals surface area contributed by atoms with Crippen LogP contribution in [0.4, 0.5) is 0 Å². The van der Waals surface area contributed by atoms with Crippen molar-refractivity contribution < 1.29 is 4.79 Å². The van der Waals surface area contributed by atoms with Crippen molar-refractivity contribution in [3.63, 3.8) is 0 Å². The third-order valence-corrected chi connectivity index (χ3v) is 4.53. The van der Waals surface area contributed by atoms with E-state index >= 15 is 0 Å². The van der Waals surface area contributed by atoms with Gasteiger partial charge < -0.3 is 10.2 Å². The predicted octanol–water partition coefficient (Wildman–Crippen LogP) is 2.66. The van der Waals surface area contributed by atoms with Crippen LogP contribution in [0.2, 0.25) is 0 Å². The van der Waals surface area contributed by atoms with E-state index < -0.39 is 0 Å². The SMILES string of the molecule is CC(=O)N1CCC(NCc2cccc(C3CC3)c2)CC1. The van der Waals surface area contributed by atoms with Crippen molar-refractivity contribution in [3.8, 4) is 0 Å². The summed E-state index contributed by atoms with van der Waals surface area (Å²) in [7, 11) is 0. The Labute approximate surface area is 121 Å². The van der Waals surface area contributed by atoms with E-state index in [0.29, 0.717) is 6.04 Å². The molecule has 2 aliphatic rings. The van der Waals surface area contributed by atoms with Gasteiger partial charge in [-0.3, -0.25) is 4.79 Å². The normalized spacial score (nSPS) is 20.1. The van der Waals surface area contributed by atoms with Crippen LogP contribution in [0.15, 0.2) is 24.3 Å². The van der Waals surface area contributed by atoms with E-state index in [0.717, 1.165) is 38.4 Å². The third kappa shape index (κ3) is 3.40. The number of likely N-dealkylation sites (tertiary alicyclic amines) is 1. The van der Waals surface area contributed by atoms with Crippen molar-refractivity contribution >= 4 is 5.91 Å². The van der Waals surface area contributed by atoms with Crippen LogP contribution in [0.5, 0.6) is 0 Å². The Balaban J connectivity index is 1.48. The van der Waals surface area contributed by atoms with Gasteiger partial charge in [0.2, 0.25) is 5.91 Å². The number of carbonyl (C=O) groups excluding carboxylic acids is 1. The molecule has 1 N–H and O–H groups in total. The molecule has 1 saturated carbocycles. The van der Waals surface area contributed by atoms with E-state index in [9.17, 15) is 4.79 Å². The lowest BCUT2D eigenvalue weighted by atomic mass is 10.0. The largest absolute Gasteiger partial charge is 0.343 e. The Bertz CT molecular complexity index is 474. The lowest BCUT2D eigenvalue weighted by Gasteiger charge is -2.31. The van der Waals surface area contributed by atoms with E-state index in [2.05, 4.69) is 29.6 Å². The van der Waals surface area contributed by atoms with Crippen LogP contribution in [0.1, 0.15) is 49.7 Å². The summed E-state index contributed by atoms with van der Waals surface area (Å²) in [5.74, 6) is 1.04. The van der Waals surface area contributed by atoms with Gasteiger partial charge in [-0.05, 0) is 42.7 Å². The lowest BCUT2D eigenvalue weighted by Crippen LogP contribution is -2.43. The van der Waals surface area contributed by atoms with Crippen LogP contribution in [0.3, 0.4) is 0 Å². The average molecular weight is 272 g/mol. The van der Waals surface area contributed by atoms with Crippen LogP contribution >= 0.6 is 0 Å². The number of piperidine rings is 1. The first-order chi connectivity index (χ1) is 9.72. The Morgan fingerprint density at radius 2 is 2.00 bits per heavy atom. The fourth-order valence-corrected chi connectivity index (χ4v) is 3.03. The van der Waals surface area contributed by atoms with Crippen molar-refractivity contribution in [3.05, 3.63) is 35.4 Å². The van der Waals surface area contributed by atoms with Crippen molar-refractivity contribution in [1.82, 2.24) is 10.2 Å². The summed E-state index contributed by atoms with van der Waals surface area (Å²) in [6.07, 6.45) is 4.87. The van der Waals surface area contributed by atoms with Gasteiger partial charge in [0.15, 0.2) is 0 Å². The summed E-state index contributed by atoms with van der Waals surface area (Å²) in [4.78, 5) is 13.2. The molecule has 1 saturated heterocycles. The molecule has 3 nitrogen and oxygen atoms in total. The Morgan fingerprint density at radius 1 is 1.25 bits per heavy atom. The summed E-state index contributed by atoms with van der Waals surface area (Å²) in [6.45, 7) is 4.41. The fourth-order valence-electron chi connectivity index (χ4n) is 3.03. The summed E-state index contributed by atoms with van der Waals surface area (Å²) < 4.78 is 0. The van der Waals surface area contributed by atoms with Crippen LogP contribution in [-0.4, -0.2) is 29.9 Å². The molecule has 2 fully saturated rings. The molecule has 3 heteroatoms. The van der Waals surface area contributed by atoms with Gasteiger partial charge in [-0.15, -0.1) is 0 Å². The summed E-state index contributed by atoms with van der Waals surface area (Å²) in [6, 6.07) is 9.56. The number of hydrogen-bond acceptors (Lipinski definition) is 2. The van der Waals surface area contributed by atoms with Gasteiger partial charge in [0, 0.05) is 32.6 Å². The molecular weight excluding hydrogens is 248 g/mol. The molecule has 3 rings (SSSR count). The minimum atomic E-state index is 0.209. The molecule has 0 unspecified atom stereocenters. The van der Waals surface area contributed by atoms with Crippen LogP contribution in [0, 0.1) is 0 Å². The highest BCUT2D eigenvalue weighted by molar-refractivity contribution is 5.73. The van der Waals surface area contributed by atoms with Crippen molar-refractivity contribution in [2.75, 3.05) is 13.1 Å². The third-order valence-electron chi connectivity index (χ3n) is 4.53. The van der Waals surface area contributed by atoms with E-state index in [1.807, 2.05) is 4.90 Å². The highest BCUT2D eigenvalue weighted by Crippen LogP contribution is 2.40. The molecule has 0 spiro atoms. The van der Waals surface area contributed by atoms with Gasteiger partial charge in [-0.1, -0.05) is 24.3 Å². The molecule has 1 amide bonds. The second kappa shape index (κ2) is 5.96. The monoisotopic (exact) mass is 272 g/mol. The van der Waals surface area contributed by atoms with Gasteiger partial charge in [-0.25, -0.2) is 0 Å². The molecule has 108 valence electrons. The standard InChI is InChI=1S/C17H24N2O/c1-13(20)19-9-7-17(8-10-19)18-12-14-3-2-4-16(11-14)15-5-6-15/h2-4,11,15,17-18H,5-10,12H2,1H3. The topological polar surface area (TPSA) is 32.3 Å². The minimum Gasteiger partial charge on any atom is -0.343 e. The molecule has 1 aromatic carbocycles. The van der Waals surface area contributed by atoms with Gasteiger partial charge in [0.1, 0.15) is 0 Å². The molecule has 0 radical (unpaired) electrons. The van der Waals surface area contributed by atoms with E-state index in [4.69, 9.17) is 0 Å². The maximum absolute atomic E-state index is 11.3. The van der Waals surface area contributed by atoms with Crippen molar-refractivity contribution in [2.45, 2.75) is 51.1 Å². The first-order valence-electron chi connectivity index (χ1n) is 7.80. The summed E-state index contributed by atoms with van der Waals surface area (Å²) in [5, 5.41) is 3.65. The van der Waals surface area contributed by atoms with Crippen molar-refractivity contribution in [2.24, 2.45) is 0 Å². The number of benzene rings is 1. The van der Waals surface area contributed by atoms with E-state index in [-0.39, 0.29) is 5.91 Å². The smallest absolute Gasteiger partial charge is 0.219 e.